The Morgan fingerprint density at radius 3 is 2.40 bits per heavy atom. The summed E-state index contributed by atoms with van der Waals surface area (Å²) in [5, 5.41) is 0. The summed E-state index contributed by atoms with van der Waals surface area (Å²) in [7, 11) is 1.33. The fraction of sp³-hybridized carbons (Fsp3) is 0.462. The first kappa shape index (κ1) is 22.5. The number of methoxy groups -OCH3 is 1. The van der Waals surface area contributed by atoms with Gasteiger partial charge in [-0.25, -0.2) is 8.78 Å². The third kappa shape index (κ3) is 5.47. The van der Waals surface area contributed by atoms with Gasteiger partial charge in [0, 0.05) is 5.56 Å². The Kier molecular flexibility index (Phi) is 8.01. The van der Waals surface area contributed by atoms with E-state index in [1.54, 1.807) is 12.1 Å². The Balaban J connectivity index is 1.57. The van der Waals surface area contributed by atoms with Crippen molar-refractivity contribution in [3.63, 3.8) is 0 Å². The van der Waals surface area contributed by atoms with Crippen molar-refractivity contribution < 1.29 is 17.9 Å². The molecule has 0 atom stereocenters. The van der Waals surface area contributed by atoms with E-state index < -0.39 is 11.6 Å². The molecule has 0 radical (unpaired) electrons. The largest absolute Gasteiger partial charge is 0.494 e. The molecular weight excluding hydrogens is 385 g/mol. The minimum Gasteiger partial charge on any atom is -0.494 e. The van der Waals surface area contributed by atoms with Crippen molar-refractivity contribution in [2.45, 2.75) is 64.2 Å². The number of benzene rings is 2. The molecule has 1 saturated carbocycles. The highest BCUT2D eigenvalue weighted by atomic mass is 19.2. The van der Waals surface area contributed by atoms with Crippen LogP contribution >= 0.6 is 0 Å². The monoisotopic (exact) mass is 416 g/mol. The summed E-state index contributed by atoms with van der Waals surface area (Å²) in [5.41, 5.74) is 2.09. The van der Waals surface area contributed by atoms with E-state index in [0.29, 0.717) is 17.0 Å². The molecule has 0 spiro atoms. The van der Waals surface area contributed by atoms with Crippen molar-refractivity contribution in [2.75, 3.05) is 7.11 Å². The lowest BCUT2D eigenvalue weighted by Gasteiger charge is -2.27. The van der Waals surface area contributed by atoms with Gasteiger partial charge in [-0.2, -0.15) is 4.39 Å². The predicted octanol–water partition coefficient (Wildman–Crippen LogP) is 7.83. The topological polar surface area (TPSA) is 9.23 Å². The second-order valence-electron chi connectivity index (χ2n) is 8.27. The molecule has 4 heteroatoms. The van der Waals surface area contributed by atoms with Crippen LogP contribution in [0.1, 0.15) is 74.5 Å². The van der Waals surface area contributed by atoms with Gasteiger partial charge < -0.3 is 4.74 Å². The number of unbranched alkanes of at least 4 members (excludes halogenated alkanes) is 2. The first-order valence-electron chi connectivity index (χ1n) is 11.0. The number of hydrogen-bond acceptors (Lipinski definition) is 1. The van der Waals surface area contributed by atoms with Crippen molar-refractivity contribution in [1.82, 2.24) is 0 Å². The molecule has 1 aliphatic rings. The maximum absolute atomic E-state index is 14.4. The fourth-order valence-electron chi connectivity index (χ4n) is 4.32. The highest BCUT2D eigenvalue weighted by Gasteiger charge is 2.25. The van der Waals surface area contributed by atoms with E-state index in [9.17, 15) is 13.2 Å². The summed E-state index contributed by atoms with van der Waals surface area (Å²) in [5.74, 6) is -1.61. The van der Waals surface area contributed by atoms with Crippen molar-refractivity contribution in [3.8, 4) is 5.75 Å². The Morgan fingerprint density at radius 1 is 0.967 bits per heavy atom. The molecule has 1 nitrogen and oxygen atoms in total. The van der Waals surface area contributed by atoms with Crippen LogP contribution in [0.4, 0.5) is 13.2 Å². The maximum atomic E-state index is 14.4. The summed E-state index contributed by atoms with van der Waals surface area (Å²) < 4.78 is 47.6. The van der Waals surface area contributed by atoms with Crippen LogP contribution in [0, 0.1) is 23.4 Å². The van der Waals surface area contributed by atoms with E-state index in [-0.39, 0.29) is 17.5 Å². The Bertz CT molecular complexity index is 867. The van der Waals surface area contributed by atoms with Gasteiger partial charge in [0.25, 0.3) is 0 Å². The number of halogens is 3. The Hall–Kier alpha value is -2.23. The van der Waals surface area contributed by atoms with Crippen LogP contribution in [0.5, 0.6) is 5.75 Å². The van der Waals surface area contributed by atoms with Crippen molar-refractivity contribution >= 4 is 6.08 Å². The summed E-state index contributed by atoms with van der Waals surface area (Å²) in [6.45, 7) is 2.16. The summed E-state index contributed by atoms with van der Waals surface area (Å²) >= 11 is 0. The second kappa shape index (κ2) is 10.7. The first-order valence-corrected chi connectivity index (χ1v) is 11.0. The number of ether oxygens (including phenoxy) is 1. The molecule has 0 aromatic heterocycles. The van der Waals surface area contributed by atoms with E-state index in [1.165, 1.54) is 19.6 Å². The van der Waals surface area contributed by atoms with Crippen LogP contribution < -0.4 is 4.74 Å². The van der Waals surface area contributed by atoms with Crippen molar-refractivity contribution in [1.29, 1.82) is 0 Å². The highest BCUT2D eigenvalue weighted by molar-refractivity contribution is 5.51. The van der Waals surface area contributed by atoms with Gasteiger partial charge in [-0.05, 0) is 73.6 Å². The molecule has 1 fully saturated rings. The van der Waals surface area contributed by atoms with Gasteiger partial charge in [0.15, 0.2) is 11.6 Å². The van der Waals surface area contributed by atoms with Crippen LogP contribution in [0.3, 0.4) is 0 Å². The molecule has 0 heterocycles. The average Bonchev–Trinajstić information content (AvgIpc) is 2.76. The van der Waals surface area contributed by atoms with Crippen molar-refractivity contribution in [2.24, 2.45) is 5.92 Å². The lowest BCUT2D eigenvalue weighted by Crippen LogP contribution is -2.13. The highest BCUT2D eigenvalue weighted by Crippen LogP contribution is 2.39. The van der Waals surface area contributed by atoms with E-state index in [2.05, 4.69) is 13.0 Å². The molecule has 30 heavy (non-hydrogen) atoms. The van der Waals surface area contributed by atoms with E-state index in [4.69, 9.17) is 4.74 Å². The average molecular weight is 417 g/mol. The number of aryl methyl sites for hydroxylation is 1. The summed E-state index contributed by atoms with van der Waals surface area (Å²) in [6.07, 6.45) is 11.6. The SMILES string of the molecule is CCCCCc1ccc(C=CC2CCC(c3ccc(OC)c(F)c3F)CC2)c(F)c1. The van der Waals surface area contributed by atoms with Crippen LogP contribution in [-0.2, 0) is 6.42 Å². The van der Waals surface area contributed by atoms with E-state index in [1.807, 2.05) is 18.2 Å². The number of allylic oxidation sites excluding steroid dienone is 1. The standard InChI is InChI=1S/C26H31F3O/c1-3-4-5-6-19-10-14-21(23(27)17-19)13-9-18-7-11-20(12-8-18)22-15-16-24(30-2)26(29)25(22)28/h9-10,13-18,20H,3-8,11-12H2,1-2H3. The Morgan fingerprint density at radius 2 is 1.73 bits per heavy atom. The van der Waals surface area contributed by atoms with Crippen molar-refractivity contribution in [3.05, 3.63) is 70.5 Å². The van der Waals surface area contributed by atoms with Crippen LogP contribution in [0.2, 0.25) is 0 Å². The quantitative estimate of drug-likeness (QED) is 0.398. The molecule has 0 saturated heterocycles. The van der Waals surface area contributed by atoms with Gasteiger partial charge in [-0.3, -0.25) is 0 Å². The van der Waals surface area contributed by atoms with Gasteiger partial charge >= 0.3 is 0 Å². The molecule has 0 aliphatic heterocycles. The molecule has 2 aromatic carbocycles. The minimum absolute atomic E-state index is 0.00852. The molecule has 0 amide bonds. The van der Waals surface area contributed by atoms with E-state index >= 15 is 0 Å². The minimum atomic E-state index is -0.911. The summed E-state index contributed by atoms with van der Waals surface area (Å²) in [6, 6.07) is 8.64. The first-order chi connectivity index (χ1) is 14.5. The van der Waals surface area contributed by atoms with Gasteiger partial charge in [0.2, 0.25) is 5.82 Å². The molecule has 3 rings (SSSR count). The fourth-order valence-corrected chi connectivity index (χ4v) is 4.32. The normalized spacial score (nSPS) is 19.4. The lowest BCUT2D eigenvalue weighted by atomic mass is 9.78. The smallest absolute Gasteiger partial charge is 0.200 e. The third-order valence-electron chi connectivity index (χ3n) is 6.19. The maximum Gasteiger partial charge on any atom is 0.200 e. The number of hydrogen-bond donors (Lipinski definition) is 0. The molecule has 1 aliphatic carbocycles. The zero-order valence-electron chi connectivity index (χ0n) is 17.9. The molecule has 0 N–H and O–H groups in total. The summed E-state index contributed by atoms with van der Waals surface area (Å²) in [4.78, 5) is 0. The lowest BCUT2D eigenvalue weighted by molar-refractivity contribution is 0.350. The van der Waals surface area contributed by atoms with Gasteiger partial charge in [-0.15, -0.1) is 0 Å². The molecule has 2 aromatic rings. The molecule has 0 bridgehead atoms. The van der Waals surface area contributed by atoms with Gasteiger partial charge in [-0.1, -0.05) is 50.1 Å². The molecular formula is C26H31F3O. The Labute approximate surface area is 178 Å². The van der Waals surface area contributed by atoms with E-state index in [0.717, 1.165) is 50.5 Å². The zero-order valence-corrected chi connectivity index (χ0v) is 17.9. The second-order valence-corrected chi connectivity index (χ2v) is 8.27. The van der Waals surface area contributed by atoms with Crippen LogP contribution in [0.25, 0.3) is 6.08 Å². The predicted molar refractivity (Wildman–Crippen MR) is 116 cm³/mol. The zero-order chi connectivity index (χ0) is 21.5. The van der Waals surface area contributed by atoms with Gasteiger partial charge in [0.05, 0.1) is 7.11 Å². The number of rotatable bonds is 8. The van der Waals surface area contributed by atoms with Gasteiger partial charge in [0.1, 0.15) is 5.82 Å². The molecule has 0 unspecified atom stereocenters. The van der Waals surface area contributed by atoms with Crippen LogP contribution in [-0.4, -0.2) is 7.11 Å². The third-order valence-corrected chi connectivity index (χ3v) is 6.19. The van der Waals surface area contributed by atoms with Crippen LogP contribution in [0.15, 0.2) is 36.4 Å². The molecule has 162 valence electrons.